The van der Waals surface area contributed by atoms with Gasteiger partial charge in [0, 0.05) is 31.5 Å². The molecule has 20 heavy (non-hydrogen) atoms. The van der Waals surface area contributed by atoms with E-state index < -0.39 is 0 Å². The Hall–Kier alpha value is -1.55. The molecule has 4 nitrogen and oxygen atoms in total. The molecule has 0 unspecified atom stereocenters. The molecule has 1 saturated heterocycles. The van der Waals surface area contributed by atoms with Crippen LogP contribution < -0.4 is 4.74 Å². The van der Waals surface area contributed by atoms with Crippen LogP contribution in [0.15, 0.2) is 18.3 Å². The number of nitrogens with zero attached hydrogens (tertiary/aromatic N) is 2. The molecule has 0 spiro atoms. The summed E-state index contributed by atoms with van der Waals surface area (Å²) in [4.78, 5) is 0. The molecule has 0 N–H and O–H groups in total. The minimum Gasteiger partial charge on any atom is -0.488 e. The predicted molar refractivity (Wildman–Crippen MR) is 81.3 cm³/mol. The van der Waals surface area contributed by atoms with Gasteiger partial charge in [-0.15, -0.1) is 0 Å². The van der Waals surface area contributed by atoms with Gasteiger partial charge in [-0.2, -0.15) is 5.10 Å². The Balaban J connectivity index is 0.000000704. The third-order valence-electron chi connectivity index (χ3n) is 3.43. The van der Waals surface area contributed by atoms with Gasteiger partial charge in [-0.3, -0.25) is 4.68 Å². The summed E-state index contributed by atoms with van der Waals surface area (Å²) in [6, 6.07) is 4.12. The van der Waals surface area contributed by atoms with E-state index in [1.54, 1.807) is 0 Å². The Morgan fingerprint density at radius 2 is 1.95 bits per heavy atom. The topological polar surface area (TPSA) is 36.3 Å². The van der Waals surface area contributed by atoms with Gasteiger partial charge in [-0.05, 0) is 18.6 Å². The van der Waals surface area contributed by atoms with Crippen LogP contribution in [-0.2, 0) is 11.8 Å². The quantitative estimate of drug-likeness (QED) is 0.842. The molecular formula is C16H24N2O2. The molecule has 3 rings (SSSR count). The maximum Gasteiger partial charge on any atom is 0.147 e. The average molecular weight is 276 g/mol. The highest BCUT2D eigenvalue weighted by atomic mass is 16.5. The number of rotatable bonds is 2. The fourth-order valence-electron chi connectivity index (χ4n) is 2.40. The number of aryl methyl sites for hydroxylation is 2. The van der Waals surface area contributed by atoms with Crippen LogP contribution >= 0.6 is 0 Å². The molecule has 110 valence electrons. The minimum absolute atomic E-state index is 0.256. The Morgan fingerprint density at radius 3 is 2.65 bits per heavy atom. The molecule has 1 fully saturated rings. The van der Waals surface area contributed by atoms with Gasteiger partial charge in [0.2, 0.25) is 0 Å². The second kappa shape index (κ2) is 6.75. The van der Waals surface area contributed by atoms with Gasteiger partial charge in [0.25, 0.3) is 0 Å². The van der Waals surface area contributed by atoms with Crippen LogP contribution in [0, 0.1) is 6.92 Å². The van der Waals surface area contributed by atoms with Crippen LogP contribution in [0.1, 0.15) is 32.3 Å². The van der Waals surface area contributed by atoms with Gasteiger partial charge < -0.3 is 9.47 Å². The first-order valence-corrected chi connectivity index (χ1v) is 7.41. The second-order valence-corrected chi connectivity index (χ2v) is 4.88. The molecule has 1 aliphatic heterocycles. The maximum atomic E-state index is 6.08. The SMILES string of the molecule is CC.Cc1ccc(OC2CCOCC2)c2nn(C)cc12. The van der Waals surface area contributed by atoms with E-state index in [4.69, 9.17) is 9.47 Å². The molecule has 1 aromatic carbocycles. The number of ether oxygens (including phenoxy) is 2. The molecule has 2 heterocycles. The summed E-state index contributed by atoms with van der Waals surface area (Å²) in [5, 5.41) is 5.67. The summed E-state index contributed by atoms with van der Waals surface area (Å²) in [5.74, 6) is 0.892. The standard InChI is InChI=1S/C14H18N2O2.C2H6/c1-10-3-4-13(14-12(10)9-16(2)15-14)18-11-5-7-17-8-6-11;1-2/h3-4,9,11H,5-8H2,1-2H3;1-2H3. The molecule has 0 radical (unpaired) electrons. The Labute approximate surface area is 120 Å². The zero-order valence-corrected chi connectivity index (χ0v) is 12.8. The molecular weight excluding hydrogens is 252 g/mol. The lowest BCUT2D eigenvalue weighted by molar-refractivity contribution is 0.0261. The first kappa shape index (κ1) is 14.9. The number of hydrogen-bond acceptors (Lipinski definition) is 3. The predicted octanol–water partition coefficient (Wildman–Crippen LogP) is 3.47. The van der Waals surface area contributed by atoms with Crippen molar-refractivity contribution in [2.24, 2.45) is 7.05 Å². The van der Waals surface area contributed by atoms with Gasteiger partial charge in [-0.1, -0.05) is 19.9 Å². The smallest absolute Gasteiger partial charge is 0.147 e. The molecule has 0 amide bonds. The number of hydrogen-bond donors (Lipinski definition) is 0. The highest BCUT2D eigenvalue weighted by molar-refractivity contribution is 5.87. The van der Waals surface area contributed by atoms with Gasteiger partial charge in [-0.25, -0.2) is 0 Å². The van der Waals surface area contributed by atoms with Gasteiger partial charge in [0.15, 0.2) is 0 Å². The normalized spacial score (nSPS) is 15.8. The summed E-state index contributed by atoms with van der Waals surface area (Å²) in [6.45, 7) is 7.69. The number of benzene rings is 1. The first-order valence-electron chi connectivity index (χ1n) is 7.41. The number of aromatic nitrogens is 2. The van der Waals surface area contributed by atoms with Crippen molar-refractivity contribution in [2.45, 2.75) is 39.7 Å². The van der Waals surface area contributed by atoms with Crippen molar-refractivity contribution in [3.63, 3.8) is 0 Å². The fraction of sp³-hybridized carbons (Fsp3) is 0.562. The Bertz CT molecular complexity index is 557. The second-order valence-electron chi connectivity index (χ2n) is 4.88. The van der Waals surface area contributed by atoms with E-state index in [1.807, 2.05) is 37.8 Å². The van der Waals surface area contributed by atoms with Crippen LogP contribution in [0.25, 0.3) is 10.9 Å². The van der Waals surface area contributed by atoms with Gasteiger partial charge in [0.1, 0.15) is 17.4 Å². The van der Waals surface area contributed by atoms with Crippen LogP contribution in [0.3, 0.4) is 0 Å². The van der Waals surface area contributed by atoms with E-state index >= 15 is 0 Å². The van der Waals surface area contributed by atoms with Crippen molar-refractivity contribution in [3.05, 3.63) is 23.9 Å². The van der Waals surface area contributed by atoms with Crippen molar-refractivity contribution < 1.29 is 9.47 Å². The van der Waals surface area contributed by atoms with Crippen LogP contribution in [0.4, 0.5) is 0 Å². The molecule has 1 aliphatic rings. The van der Waals surface area contributed by atoms with E-state index in [-0.39, 0.29) is 6.10 Å². The Morgan fingerprint density at radius 1 is 1.25 bits per heavy atom. The summed E-state index contributed by atoms with van der Waals surface area (Å²) in [6.07, 6.45) is 4.22. The van der Waals surface area contributed by atoms with E-state index in [9.17, 15) is 0 Å². The Kier molecular flexibility index (Phi) is 5.01. The third kappa shape index (κ3) is 3.12. The molecule has 0 saturated carbocycles. The molecule has 0 aliphatic carbocycles. The van der Waals surface area contributed by atoms with E-state index in [0.717, 1.165) is 37.3 Å². The van der Waals surface area contributed by atoms with Crippen LogP contribution in [0.5, 0.6) is 5.75 Å². The van der Waals surface area contributed by atoms with Crippen molar-refractivity contribution in [1.29, 1.82) is 0 Å². The van der Waals surface area contributed by atoms with Crippen LogP contribution in [0.2, 0.25) is 0 Å². The van der Waals surface area contributed by atoms with E-state index in [2.05, 4.69) is 18.1 Å². The lowest BCUT2D eigenvalue weighted by Crippen LogP contribution is -2.25. The lowest BCUT2D eigenvalue weighted by Gasteiger charge is -2.23. The van der Waals surface area contributed by atoms with Gasteiger partial charge >= 0.3 is 0 Å². The summed E-state index contributed by atoms with van der Waals surface area (Å²) in [5.41, 5.74) is 2.20. The van der Waals surface area contributed by atoms with Crippen molar-refractivity contribution in [1.82, 2.24) is 9.78 Å². The maximum absolute atomic E-state index is 6.08. The summed E-state index contributed by atoms with van der Waals surface area (Å²) < 4.78 is 13.3. The molecule has 1 aromatic heterocycles. The highest BCUT2D eigenvalue weighted by Gasteiger charge is 2.17. The fourth-order valence-corrected chi connectivity index (χ4v) is 2.40. The molecule has 4 heteroatoms. The largest absolute Gasteiger partial charge is 0.488 e. The van der Waals surface area contributed by atoms with Crippen molar-refractivity contribution >= 4 is 10.9 Å². The summed E-state index contributed by atoms with van der Waals surface area (Å²) in [7, 11) is 1.94. The zero-order valence-electron chi connectivity index (χ0n) is 12.8. The molecule has 2 aromatic rings. The van der Waals surface area contributed by atoms with E-state index in [0.29, 0.717) is 0 Å². The molecule has 0 bridgehead atoms. The first-order chi connectivity index (χ1) is 9.74. The van der Waals surface area contributed by atoms with E-state index in [1.165, 1.54) is 10.9 Å². The van der Waals surface area contributed by atoms with Crippen LogP contribution in [-0.4, -0.2) is 29.1 Å². The number of fused-ring (bicyclic) bond motifs is 1. The monoisotopic (exact) mass is 276 g/mol. The third-order valence-corrected chi connectivity index (χ3v) is 3.43. The summed E-state index contributed by atoms with van der Waals surface area (Å²) >= 11 is 0. The lowest BCUT2D eigenvalue weighted by atomic mass is 10.1. The average Bonchev–Trinajstić information content (AvgIpc) is 2.88. The van der Waals surface area contributed by atoms with Crippen molar-refractivity contribution in [3.8, 4) is 5.75 Å². The van der Waals surface area contributed by atoms with Crippen molar-refractivity contribution in [2.75, 3.05) is 13.2 Å². The minimum atomic E-state index is 0.256. The van der Waals surface area contributed by atoms with Gasteiger partial charge in [0.05, 0.1) is 13.2 Å². The molecule has 0 atom stereocenters. The zero-order chi connectivity index (χ0) is 14.5. The highest BCUT2D eigenvalue weighted by Crippen LogP contribution is 2.28.